The van der Waals surface area contributed by atoms with Gasteiger partial charge in [0.05, 0.1) is 28.0 Å². The molecule has 0 saturated heterocycles. The predicted octanol–water partition coefficient (Wildman–Crippen LogP) is 5.74. The lowest BCUT2D eigenvalue weighted by Crippen LogP contribution is -2.00. The number of aromatic amines is 1. The summed E-state index contributed by atoms with van der Waals surface area (Å²) in [7, 11) is 0. The second-order valence-electron chi connectivity index (χ2n) is 4.44. The largest absolute Gasteiger partial charge is 0.378 e. The van der Waals surface area contributed by atoms with Gasteiger partial charge in [0.15, 0.2) is 0 Å². The third-order valence-corrected chi connectivity index (χ3v) is 4.09. The summed E-state index contributed by atoms with van der Waals surface area (Å²) in [4.78, 5) is 3.30. The van der Waals surface area contributed by atoms with Gasteiger partial charge in [0, 0.05) is 15.9 Å². The van der Waals surface area contributed by atoms with E-state index in [1.54, 1.807) is 18.2 Å². The standard InChI is InChI=1S/C15H11Cl3N2/c16-9-5-6-11(17)13(7-9)19-8-14-15(18)10-3-1-2-4-12(10)20-14/h1-7,19-20H,8H2. The molecular weight excluding hydrogens is 315 g/mol. The number of benzene rings is 2. The van der Waals surface area contributed by atoms with Gasteiger partial charge >= 0.3 is 0 Å². The Balaban J connectivity index is 1.87. The van der Waals surface area contributed by atoms with Crippen molar-refractivity contribution in [3.05, 3.63) is 63.2 Å². The summed E-state index contributed by atoms with van der Waals surface area (Å²) in [6, 6.07) is 13.2. The fourth-order valence-electron chi connectivity index (χ4n) is 2.10. The SMILES string of the molecule is Clc1ccc(Cl)c(NCc2[nH]c3ccccc3c2Cl)c1. The van der Waals surface area contributed by atoms with Crippen molar-refractivity contribution in [1.29, 1.82) is 0 Å². The van der Waals surface area contributed by atoms with E-state index in [1.165, 1.54) is 0 Å². The van der Waals surface area contributed by atoms with Crippen molar-refractivity contribution in [3.63, 3.8) is 0 Å². The molecule has 102 valence electrons. The number of rotatable bonds is 3. The first-order chi connectivity index (χ1) is 9.65. The number of hydrogen-bond donors (Lipinski definition) is 2. The Hall–Kier alpha value is -1.35. The van der Waals surface area contributed by atoms with E-state index < -0.39 is 0 Å². The minimum Gasteiger partial charge on any atom is -0.378 e. The van der Waals surface area contributed by atoms with Crippen LogP contribution in [0.5, 0.6) is 0 Å². The van der Waals surface area contributed by atoms with Crippen LogP contribution >= 0.6 is 34.8 Å². The van der Waals surface area contributed by atoms with Crippen LogP contribution in [0.4, 0.5) is 5.69 Å². The molecule has 3 aromatic rings. The first-order valence-electron chi connectivity index (χ1n) is 6.09. The first-order valence-corrected chi connectivity index (χ1v) is 7.22. The summed E-state index contributed by atoms with van der Waals surface area (Å²) in [6.07, 6.45) is 0. The lowest BCUT2D eigenvalue weighted by molar-refractivity contribution is 1.09. The van der Waals surface area contributed by atoms with Crippen molar-refractivity contribution >= 4 is 51.4 Å². The van der Waals surface area contributed by atoms with Gasteiger partial charge in [0.1, 0.15) is 0 Å². The van der Waals surface area contributed by atoms with Crippen molar-refractivity contribution < 1.29 is 0 Å². The van der Waals surface area contributed by atoms with Crippen molar-refractivity contribution in [2.75, 3.05) is 5.32 Å². The predicted molar refractivity (Wildman–Crippen MR) is 87.1 cm³/mol. The molecule has 0 atom stereocenters. The highest BCUT2D eigenvalue weighted by Gasteiger charge is 2.09. The maximum Gasteiger partial charge on any atom is 0.0710 e. The Morgan fingerprint density at radius 2 is 1.80 bits per heavy atom. The Morgan fingerprint density at radius 3 is 2.60 bits per heavy atom. The number of aromatic nitrogens is 1. The lowest BCUT2D eigenvalue weighted by atomic mass is 10.2. The first kappa shape index (κ1) is 13.6. The second-order valence-corrected chi connectivity index (χ2v) is 5.66. The van der Waals surface area contributed by atoms with Gasteiger partial charge in [-0.3, -0.25) is 0 Å². The van der Waals surface area contributed by atoms with Crippen LogP contribution in [0.2, 0.25) is 15.1 Å². The van der Waals surface area contributed by atoms with Crippen LogP contribution in [0.25, 0.3) is 10.9 Å². The molecule has 20 heavy (non-hydrogen) atoms. The fourth-order valence-corrected chi connectivity index (χ4v) is 2.74. The molecule has 0 unspecified atom stereocenters. The van der Waals surface area contributed by atoms with Crippen molar-refractivity contribution in [2.24, 2.45) is 0 Å². The second kappa shape index (κ2) is 5.57. The van der Waals surface area contributed by atoms with Crippen LogP contribution in [0.1, 0.15) is 5.69 Å². The highest BCUT2D eigenvalue weighted by Crippen LogP contribution is 2.29. The highest BCUT2D eigenvalue weighted by molar-refractivity contribution is 6.36. The monoisotopic (exact) mass is 324 g/mol. The number of para-hydroxylation sites is 1. The van der Waals surface area contributed by atoms with Crippen LogP contribution in [-0.2, 0) is 6.54 Å². The molecule has 5 heteroatoms. The third kappa shape index (κ3) is 2.59. The van der Waals surface area contributed by atoms with Crippen LogP contribution in [0, 0.1) is 0 Å². The minimum absolute atomic E-state index is 0.549. The molecule has 0 aliphatic heterocycles. The van der Waals surface area contributed by atoms with Crippen LogP contribution < -0.4 is 5.32 Å². The molecule has 0 amide bonds. The van der Waals surface area contributed by atoms with E-state index in [0.717, 1.165) is 27.3 Å². The Bertz CT molecular complexity index is 765. The van der Waals surface area contributed by atoms with E-state index >= 15 is 0 Å². The topological polar surface area (TPSA) is 27.8 Å². The number of nitrogens with one attached hydrogen (secondary N) is 2. The van der Waals surface area contributed by atoms with Crippen molar-refractivity contribution in [2.45, 2.75) is 6.54 Å². The molecule has 2 aromatic carbocycles. The summed E-state index contributed by atoms with van der Waals surface area (Å²) in [5.41, 5.74) is 2.73. The number of halogens is 3. The van der Waals surface area contributed by atoms with Gasteiger partial charge < -0.3 is 10.3 Å². The number of hydrogen-bond acceptors (Lipinski definition) is 1. The minimum atomic E-state index is 0.549. The maximum absolute atomic E-state index is 6.36. The zero-order valence-corrected chi connectivity index (χ0v) is 12.7. The van der Waals surface area contributed by atoms with Crippen LogP contribution in [0.15, 0.2) is 42.5 Å². The zero-order chi connectivity index (χ0) is 14.1. The van der Waals surface area contributed by atoms with E-state index in [-0.39, 0.29) is 0 Å². The lowest BCUT2D eigenvalue weighted by Gasteiger charge is -2.08. The molecule has 2 N–H and O–H groups in total. The van der Waals surface area contributed by atoms with E-state index in [2.05, 4.69) is 10.3 Å². The molecule has 0 aliphatic carbocycles. The number of H-pyrrole nitrogens is 1. The number of fused-ring (bicyclic) bond motifs is 1. The van der Waals surface area contributed by atoms with E-state index in [4.69, 9.17) is 34.8 Å². The van der Waals surface area contributed by atoms with Gasteiger partial charge in [0.25, 0.3) is 0 Å². The Labute approximate surface area is 131 Å². The zero-order valence-electron chi connectivity index (χ0n) is 10.4. The van der Waals surface area contributed by atoms with Gasteiger partial charge in [0.2, 0.25) is 0 Å². The molecule has 0 fully saturated rings. The molecule has 3 rings (SSSR count). The fraction of sp³-hybridized carbons (Fsp3) is 0.0667. The van der Waals surface area contributed by atoms with Crippen molar-refractivity contribution in [1.82, 2.24) is 4.98 Å². The van der Waals surface area contributed by atoms with E-state index in [1.807, 2.05) is 24.3 Å². The number of anilines is 1. The molecule has 0 aliphatic rings. The summed E-state index contributed by atoms with van der Waals surface area (Å²) >= 11 is 18.4. The molecule has 0 bridgehead atoms. The Morgan fingerprint density at radius 1 is 1.00 bits per heavy atom. The highest BCUT2D eigenvalue weighted by atomic mass is 35.5. The van der Waals surface area contributed by atoms with E-state index in [0.29, 0.717) is 16.6 Å². The average Bonchev–Trinajstić information content (AvgIpc) is 2.77. The summed E-state index contributed by atoms with van der Waals surface area (Å²) in [5.74, 6) is 0. The van der Waals surface area contributed by atoms with Gasteiger partial charge in [-0.2, -0.15) is 0 Å². The molecular formula is C15H11Cl3N2. The van der Waals surface area contributed by atoms with Crippen molar-refractivity contribution in [3.8, 4) is 0 Å². The molecule has 1 aromatic heterocycles. The molecule has 0 saturated carbocycles. The summed E-state index contributed by atoms with van der Waals surface area (Å²) in [5, 5.41) is 6.25. The molecule has 0 spiro atoms. The Kier molecular flexibility index (Phi) is 3.79. The quantitative estimate of drug-likeness (QED) is 0.631. The van der Waals surface area contributed by atoms with E-state index in [9.17, 15) is 0 Å². The average molecular weight is 326 g/mol. The maximum atomic E-state index is 6.36. The normalized spacial score (nSPS) is 10.9. The van der Waals surface area contributed by atoms with Gasteiger partial charge in [-0.05, 0) is 24.3 Å². The van der Waals surface area contributed by atoms with Gasteiger partial charge in [-0.1, -0.05) is 53.0 Å². The third-order valence-electron chi connectivity index (χ3n) is 3.10. The van der Waals surface area contributed by atoms with Crippen LogP contribution in [0.3, 0.4) is 0 Å². The van der Waals surface area contributed by atoms with Gasteiger partial charge in [-0.15, -0.1) is 0 Å². The molecule has 0 radical (unpaired) electrons. The summed E-state index contributed by atoms with van der Waals surface area (Å²) < 4.78 is 0. The van der Waals surface area contributed by atoms with Gasteiger partial charge in [-0.25, -0.2) is 0 Å². The smallest absolute Gasteiger partial charge is 0.0710 e. The molecule has 2 nitrogen and oxygen atoms in total. The summed E-state index contributed by atoms with van der Waals surface area (Å²) in [6.45, 7) is 0.549. The molecule has 1 heterocycles. The van der Waals surface area contributed by atoms with Crippen LogP contribution in [-0.4, -0.2) is 4.98 Å².